The first-order valence-corrected chi connectivity index (χ1v) is 7.56. The Labute approximate surface area is 131 Å². The summed E-state index contributed by atoms with van der Waals surface area (Å²) in [4.78, 5) is 23.6. The Balaban J connectivity index is 2.71. The molecule has 0 fully saturated rings. The topological polar surface area (TPSA) is 110 Å². The molecular weight excluding hydrogens is 280 g/mol. The average molecular weight is 306 g/mol. The van der Waals surface area contributed by atoms with E-state index in [1.165, 1.54) is 0 Å². The van der Waals surface area contributed by atoms with E-state index in [-0.39, 0.29) is 5.91 Å². The zero-order valence-electron chi connectivity index (χ0n) is 13.3. The molecule has 1 atom stereocenters. The predicted molar refractivity (Wildman–Crippen MR) is 87.2 cm³/mol. The van der Waals surface area contributed by atoms with Crippen molar-refractivity contribution in [3.05, 3.63) is 35.4 Å². The highest BCUT2D eigenvalue weighted by Crippen LogP contribution is 2.07. The smallest absolute Gasteiger partial charge is 0.251 e. The minimum atomic E-state index is -0.687. The highest BCUT2D eigenvalue weighted by molar-refractivity contribution is 5.97. The molecule has 1 aromatic carbocycles. The molecule has 0 aromatic heterocycles. The van der Waals surface area contributed by atoms with Crippen LogP contribution < -0.4 is 22.1 Å². The number of nitrogens with one attached hydrogen (secondary N) is 2. The van der Waals surface area contributed by atoms with E-state index in [9.17, 15) is 9.59 Å². The van der Waals surface area contributed by atoms with Crippen LogP contribution in [-0.2, 0) is 11.3 Å². The van der Waals surface area contributed by atoms with Crippen molar-refractivity contribution < 1.29 is 9.59 Å². The number of benzene rings is 1. The Morgan fingerprint density at radius 3 is 2.59 bits per heavy atom. The Morgan fingerprint density at radius 1 is 1.27 bits per heavy atom. The number of primary amides is 1. The van der Waals surface area contributed by atoms with Gasteiger partial charge in [0.15, 0.2) is 0 Å². The number of carbonyl (C=O) groups is 2. The standard InChI is InChI=1S/C16H26N4O2/c1-11(2)19-10-12-5-3-6-13(9-12)16(22)20-14(15(18)21)7-4-8-17/h3,5-6,9,11,14,19H,4,7-8,10,17H2,1-2H3,(H2,18,21)(H,20,22)/t14-/m0/s1. The second-order valence-electron chi connectivity index (χ2n) is 5.60. The lowest BCUT2D eigenvalue weighted by Crippen LogP contribution is -2.44. The molecule has 0 saturated carbocycles. The van der Waals surface area contributed by atoms with Gasteiger partial charge in [-0.25, -0.2) is 0 Å². The molecule has 1 aromatic rings. The number of hydrogen-bond donors (Lipinski definition) is 4. The summed E-state index contributed by atoms with van der Waals surface area (Å²) in [5.74, 6) is -0.841. The van der Waals surface area contributed by atoms with Gasteiger partial charge in [0.2, 0.25) is 5.91 Å². The maximum atomic E-state index is 12.2. The number of carbonyl (C=O) groups excluding carboxylic acids is 2. The van der Waals surface area contributed by atoms with Gasteiger partial charge in [0, 0.05) is 18.2 Å². The van der Waals surface area contributed by atoms with Crippen LogP contribution in [0.4, 0.5) is 0 Å². The summed E-state index contributed by atoms with van der Waals surface area (Å²) >= 11 is 0. The average Bonchev–Trinajstić information content (AvgIpc) is 2.49. The fourth-order valence-corrected chi connectivity index (χ4v) is 1.99. The Bertz CT molecular complexity index is 503. The molecule has 6 N–H and O–H groups in total. The van der Waals surface area contributed by atoms with Gasteiger partial charge in [-0.3, -0.25) is 9.59 Å². The molecule has 2 amide bonds. The van der Waals surface area contributed by atoms with Crippen LogP contribution in [0, 0.1) is 0 Å². The van der Waals surface area contributed by atoms with E-state index in [0.717, 1.165) is 5.56 Å². The number of rotatable bonds is 9. The maximum Gasteiger partial charge on any atom is 0.251 e. The van der Waals surface area contributed by atoms with Crippen LogP contribution in [0.5, 0.6) is 0 Å². The zero-order chi connectivity index (χ0) is 16.5. The fourth-order valence-electron chi connectivity index (χ4n) is 1.99. The van der Waals surface area contributed by atoms with E-state index in [1.807, 2.05) is 18.2 Å². The van der Waals surface area contributed by atoms with Crippen LogP contribution in [0.25, 0.3) is 0 Å². The van der Waals surface area contributed by atoms with E-state index in [1.54, 1.807) is 6.07 Å². The molecule has 0 heterocycles. The third-order valence-corrected chi connectivity index (χ3v) is 3.25. The summed E-state index contributed by atoms with van der Waals surface area (Å²) < 4.78 is 0. The molecule has 0 saturated heterocycles. The monoisotopic (exact) mass is 306 g/mol. The predicted octanol–water partition coefficient (Wildman–Crippen LogP) is 0.507. The summed E-state index contributed by atoms with van der Waals surface area (Å²) in [7, 11) is 0. The van der Waals surface area contributed by atoms with Crippen molar-refractivity contribution in [3.8, 4) is 0 Å². The second-order valence-corrected chi connectivity index (χ2v) is 5.60. The van der Waals surface area contributed by atoms with Crippen LogP contribution in [0.1, 0.15) is 42.6 Å². The number of nitrogens with two attached hydrogens (primary N) is 2. The van der Waals surface area contributed by atoms with E-state index in [0.29, 0.717) is 37.5 Å². The van der Waals surface area contributed by atoms with E-state index in [2.05, 4.69) is 24.5 Å². The van der Waals surface area contributed by atoms with Crippen molar-refractivity contribution in [2.45, 2.75) is 45.3 Å². The number of amides is 2. The van der Waals surface area contributed by atoms with Crippen LogP contribution in [0.2, 0.25) is 0 Å². The molecule has 122 valence electrons. The summed E-state index contributed by atoms with van der Waals surface area (Å²) in [6.07, 6.45) is 1.08. The van der Waals surface area contributed by atoms with Crippen LogP contribution in [0.15, 0.2) is 24.3 Å². The molecule has 1 rings (SSSR count). The lowest BCUT2D eigenvalue weighted by atomic mass is 10.1. The minimum absolute atomic E-state index is 0.299. The van der Waals surface area contributed by atoms with Crippen LogP contribution in [0.3, 0.4) is 0 Å². The van der Waals surface area contributed by atoms with Crippen molar-refractivity contribution in [2.75, 3.05) is 6.54 Å². The van der Waals surface area contributed by atoms with Crippen molar-refractivity contribution >= 4 is 11.8 Å². The summed E-state index contributed by atoms with van der Waals surface area (Å²) in [5, 5.41) is 5.97. The lowest BCUT2D eigenvalue weighted by molar-refractivity contribution is -0.120. The molecule has 0 aliphatic rings. The molecule has 0 aliphatic carbocycles. The zero-order valence-corrected chi connectivity index (χ0v) is 13.3. The molecule has 0 unspecified atom stereocenters. The van der Waals surface area contributed by atoms with Crippen LogP contribution >= 0.6 is 0 Å². The third-order valence-electron chi connectivity index (χ3n) is 3.25. The van der Waals surface area contributed by atoms with Gasteiger partial charge in [0.1, 0.15) is 6.04 Å². The highest BCUT2D eigenvalue weighted by atomic mass is 16.2. The van der Waals surface area contributed by atoms with Gasteiger partial charge in [0.05, 0.1) is 0 Å². The molecule has 6 heteroatoms. The Hall–Kier alpha value is -1.92. The summed E-state index contributed by atoms with van der Waals surface area (Å²) in [6.45, 7) is 5.26. The maximum absolute atomic E-state index is 12.2. The van der Waals surface area contributed by atoms with Gasteiger partial charge in [-0.2, -0.15) is 0 Å². The third kappa shape index (κ3) is 6.24. The molecule has 0 aliphatic heterocycles. The van der Waals surface area contributed by atoms with Gasteiger partial charge >= 0.3 is 0 Å². The van der Waals surface area contributed by atoms with Crippen molar-refractivity contribution in [2.24, 2.45) is 11.5 Å². The van der Waals surface area contributed by atoms with Gasteiger partial charge in [-0.1, -0.05) is 26.0 Å². The Morgan fingerprint density at radius 2 is 2.00 bits per heavy atom. The molecule has 22 heavy (non-hydrogen) atoms. The first-order chi connectivity index (χ1) is 10.4. The van der Waals surface area contributed by atoms with Crippen molar-refractivity contribution in [1.82, 2.24) is 10.6 Å². The fraction of sp³-hybridized carbons (Fsp3) is 0.500. The van der Waals surface area contributed by atoms with E-state index >= 15 is 0 Å². The Kier molecular flexibility index (Phi) is 7.56. The first kappa shape index (κ1) is 18.1. The SMILES string of the molecule is CC(C)NCc1cccc(C(=O)N[C@@H](CCCN)C(N)=O)c1. The van der Waals surface area contributed by atoms with E-state index < -0.39 is 11.9 Å². The van der Waals surface area contributed by atoms with Gasteiger partial charge in [0.25, 0.3) is 5.91 Å². The molecule has 0 radical (unpaired) electrons. The van der Waals surface area contributed by atoms with Crippen molar-refractivity contribution in [1.29, 1.82) is 0 Å². The molecule has 6 nitrogen and oxygen atoms in total. The molecule has 0 spiro atoms. The van der Waals surface area contributed by atoms with Crippen LogP contribution in [-0.4, -0.2) is 30.4 Å². The van der Waals surface area contributed by atoms with Gasteiger partial charge < -0.3 is 22.1 Å². The molecular formula is C16H26N4O2. The largest absolute Gasteiger partial charge is 0.368 e. The van der Waals surface area contributed by atoms with E-state index in [4.69, 9.17) is 11.5 Å². The summed E-state index contributed by atoms with van der Waals surface area (Å²) in [6, 6.07) is 6.99. The van der Waals surface area contributed by atoms with Crippen molar-refractivity contribution in [3.63, 3.8) is 0 Å². The number of hydrogen-bond acceptors (Lipinski definition) is 4. The lowest BCUT2D eigenvalue weighted by Gasteiger charge is -2.15. The quantitative estimate of drug-likeness (QED) is 0.532. The van der Waals surface area contributed by atoms with Gasteiger partial charge in [-0.05, 0) is 37.1 Å². The molecule has 0 bridgehead atoms. The summed E-state index contributed by atoms with van der Waals surface area (Å²) in [5.41, 5.74) is 12.3. The normalized spacial score (nSPS) is 12.2. The minimum Gasteiger partial charge on any atom is -0.368 e. The second kappa shape index (κ2) is 9.17. The highest BCUT2D eigenvalue weighted by Gasteiger charge is 2.18. The first-order valence-electron chi connectivity index (χ1n) is 7.56. The van der Waals surface area contributed by atoms with Gasteiger partial charge in [-0.15, -0.1) is 0 Å².